The zero-order valence-electron chi connectivity index (χ0n) is 14.8. The highest BCUT2D eigenvalue weighted by molar-refractivity contribution is 7.92. The van der Waals surface area contributed by atoms with E-state index in [9.17, 15) is 22.0 Å². The number of hydrogen-bond acceptors (Lipinski definition) is 4. The Labute approximate surface area is 162 Å². The second kappa shape index (κ2) is 8.53. The molecule has 1 aliphatic heterocycles. The molecule has 0 saturated carbocycles. The number of piperidine rings is 1. The number of likely N-dealkylation sites (tertiary alicyclic amines) is 1. The van der Waals surface area contributed by atoms with E-state index in [4.69, 9.17) is 16.3 Å². The number of hydrogen-bond donors (Lipinski definition) is 1. The quantitative estimate of drug-likeness (QED) is 0.733. The Bertz CT molecular complexity index is 804. The van der Waals surface area contributed by atoms with Crippen molar-refractivity contribution in [2.24, 2.45) is 0 Å². The third kappa shape index (κ3) is 6.15. The summed E-state index contributed by atoms with van der Waals surface area (Å²) in [6.45, 7) is 4.23. The van der Waals surface area contributed by atoms with Gasteiger partial charge in [-0.1, -0.05) is 18.2 Å². The molecule has 2 rings (SSSR count). The first kappa shape index (κ1) is 21.6. The van der Waals surface area contributed by atoms with E-state index < -0.39 is 22.6 Å². The first-order chi connectivity index (χ1) is 12.5. The van der Waals surface area contributed by atoms with Gasteiger partial charge in [0.15, 0.2) is 6.61 Å². The number of rotatable bonds is 7. The molecule has 1 aromatic carbocycles. The zero-order chi connectivity index (χ0) is 20.2. The molecule has 0 bridgehead atoms. The molecule has 0 spiro atoms. The normalized spacial score (nSPS) is 16.2. The molecular weight excluding hydrogens is 402 g/mol. The van der Waals surface area contributed by atoms with Gasteiger partial charge in [0.05, 0.1) is 5.56 Å². The minimum atomic E-state index is -3.52. The van der Waals surface area contributed by atoms with Crippen molar-refractivity contribution in [2.75, 3.05) is 19.7 Å². The van der Waals surface area contributed by atoms with Crippen LogP contribution >= 0.6 is 11.6 Å². The lowest BCUT2D eigenvalue weighted by Crippen LogP contribution is -2.47. The summed E-state index contributed by atoms with van der Waals surface area (Å²) in [7, 11) is -3.52. The van der Waals surface area contributed by atoms with Crippen molar-refractivity contribution in [2.45, 2.75) is 31.7 Å². The highest BCUT2D eigenvalue weighted by Gasteiger charge is 2.30. The van der Waals surface area contributed by atoms with E-state index in [2.05, 4.69) is 11.3 Å². The minimum Gasteiger partial charge on any atom is -0.483 e. The van der Waals surface area contributed by atoms with Gasteiger partial charge in [0.2, 0.25) is 10.0 Å². The number of alkyl halides is 2. The topological polar surface area (TPSA) is 75.7 Å². The molecule has 27 heavy (non-hydrogen) atoms. The fraction of sp³-hybridized carbons (Fsp3) is 0.471. The summed E-state index contributed by atoms with van der Waals surface area (Å²) < 4.78 is 58.1. The molecule has 1 heterocycles. The molecule has 0 radical (unpaired) electrons. The standard InChI is InChI=1S/C17H21ClF2N2O4S/c1-3-27(24,25)21-13-6-8-22(9-7-13)16(23)11-26-15-5-4-12(18)10-14(15)17(2,19)20/h3-5,10,13,21H,1,6-9,11H2,2H3. The van der Waals surface area contributed by atoms with Gasteiger partial charge in [0, 0.05) is 36.5 Å². The van der Waals surface area contributed by atoms with Crippen LogP contribution in [0.2, 0.25) is 5.02 Å². The third-order valence-corrected chi connectivity index (χ3v) is 5.50. The Morgan fingerprint density at radius 3 is 2.63 bits per heavy atom. The lowest BCUT2D eigenvalue weighted by Gasteiger charge is -2.32. The van der Waals surface area contributed by atoms with Crippen molar-refractivity contribution in [3.05, 3.63) is 40.8 Å². The van der Waals surface area contributed by atoms with Crippen LogP contribution in [-0.4, -0.2) is 45.0 Å². The lowest BCUT2D eigenvalue weighted by molar-refractivity contribution is -0.134. The largest absolute Gasteiger partial charge is 0.483 e. The molecule has 0 aromatic heterocycles. The molecule has 0 aliphatic carbocycles. The summed E-state index contributed by atoms with van der Waals surface area (Å²) in [6.07, 6.45) is 0.885. The molecule has 1 aliphatic rings. The van der Waals surface area contributed by atoms with Gasteiger partial charge in [-0.3, -0.25) is 4.79 Å². The second-order valence-corrected chi connectivity index (χ2v) is 8.40. The number of halogens is 3. The van der Waals surface area contributed by atoms with Gasteiger partial charge in [-0.25, -0.2) is 21.9 Å². The molecular formula is C17H21ClF2N2O4S. The molecule has 1 fully saturated rings. The van der Waals surface area contributed by atoms with E-state index in [-0.39, 0.29) is 28.3 Å². The monoisotopic (exact) mass is 422 g/mol. The van der Waals surface area contributed by atoms with E-state index in [1.807, 2.05) is 0 Å². The van der Waals surface area contributed by atoms with Crippen LogP contribution in [-0.2, 0) is 20.7 Å². The van der Waals surface area contributed by atoms with Crippen LogP contribution in [0, 0.1) is 0 Å². The van der Waals surface area contributed by atoms with E-state index >= 15 is 0 Å². The average molecular weight is 423 g/mol. The second-order valence-electron chi connectivity index (χ2n) is 6.30. The van der Waals surface area contributed by atoms with E-state index in [0.717, 1.165) is 18.4 Å². The number of nitrogens with zero attached hydrogens (tertiary/aromatic N) is 1. The molecule has 150 valence electrons. The SMILES string of the molecule is C=CS(=O)(=O)NC1CCN(C(=O)COc2ccc(Cl)cc2C(C)(F)F)CC1. The van der Waals surface area contributed by atoms with E-state index in [1.54, 1.807) is 0 Å². The Kier molecular flexibility index (Phi) is 6.82. The van der Waals surface area contributed by atoms with Crippen LogP contribution in [0.25, 0.3) is 0 Å². The fourth-order valence-corrected chi connectivity index (χ4v) is 3.70. The van der Waals surface area contributed by atoms with Crippen molar-refractivity contribution in [1.29, 1.82) is 0 Å². The van der Waals surface area contributed by atoms with Crippen LogP contribution < -0.4 is 9.46 Å². The van der Waals surface area contributed by atoms with E-state index in [1.165, 1.54) is 17.0 Å². The highest BCUT2D eigenvalue weighted by Crippen LogP contribution is 2.36. The third-order valence-electron chi connectivity index (χ3n) is 4.16. The number of benzene rings is 1. The Hall–Kier alpha value is -1.71. The molecule has 1 aromatic rings. The molecule has 6 nitrogen and oxygen atoms in total. The average Bonchev–Trinajstić information content (AvgIpc) is 2.60. The smallest absolute Gasteiger partial charge is 0.274 e. The molecule has 10 heteroatoms. The summed E-state index contributed by atoms with van der Waals surface area (Å²) in [5, 5.41) is 0.986. The van der Waals surface area contributed by atoms with Gasteiger partial charge in [0.25, 0.3) is 11.8 Å². The maximum absolute atomic E-state index is 13.7. The number of carbonyl (C=O) groups is 1. The van der Waals surface area contributed by atoms with Gasteiger partial charge in [-0.2, -0.15) is 0 Å². The van der Waals surface area contributed by atoms with Gasteiger partial charge in [-0.15, -0.1) is 0 Å². The zero-order valence-corrected chi connectivity index (χ0v) is 16.3. The van der Waals surface area contributed by atoms with Crippen LogP contribution in [0.5, 0.6) is 5.75 Å². The molecule has 0 atom stereocenters. The van der Waals surface area contributed by atoms with Gasteiger partial charge in [-0.05, 0) is 31.0 Å². The van der Waals surface area contributed by atoms with Crippen LogP contribution in [0.4, 0.5) is 8.78 Å². The first-order valence-corrected chi connectivity index (χ1v) is 10.2. The van der Waals surface area contributed by atoms with Crippen LogP contribution in [0.3, 0.4) is 0 Å². The van der Waals surface area contributed by atoms with Crippen molar-refractivity contribution in [3.63, 3.8) is 0 Å². The van der Waals surface area contributed by atoms with Gasteiger partial charge in [0.1, 0.15) is 5.75 Å². The predicted molar refractivity (Wildman–Crippen MR) is 98.4 cm³/mol. The number of amides is 1. The molecule has 0 unspecified atom stereocenters. The fourth-order valence-electron chi connectivity index (χ4n) is 2.73. The van der Waals surface area contributed by atoms with Crippen LogP contribution in [0.15, 0.2) is 30.2 Å². The summed E-state index contributed by atoms with van der Waals surface area (Å²) in [5.41, 5.74) is -0.389. The number of nitrogens with one attached hydrogen (secondary N) is 1. The highest BCUT2D eigenvalue weighted by atomic mass is 35.5. The first-order valence-electron chi connectivity index (χ1n) is 8.25. The molecule has 1 amide bonds. The predicted octanol–water partition coefficient (Wildman–Crippen LogP) is 2.88. The number of carbonyl (C=O) groups excluding carboxylic acids is 1. The Morgan fingerprint density at radius 2 is 2.07 bits per heavy atom. The number of ether oxygens (including phenoxy) is 1. The van der Waals surface area contributed by atoms with E-state index in [0.29, 0.717) is 25.9 Å². The number of sulfonamides is 1. The molecule has 1 N–H and O–H groups in total. The maximum atomic E-state index is 13.7. The van der Waals surface area contributed by atoms with Crippen molar-refractivity contribution >= 4 is 27.5 Å². The Morgan fingerprint density at radius 1 is 1.44 bits per heavy atom. The van der Waals surface area contributed by atoms with Gasteiger partial charge >= 0.3 is 0 Å². The summed E-state index contributed by atoms with van der Waals surface area (Å²) >= 11 is 5.76. The molecule has 1 saturated heterocycles. The Balaban J connectivity index is 1.92. The summed E-state index contributed by atoms with van der Waals surface area (Å²) in [4.78, 5) is 13.8. The summed E-state index contributed by atoms with van der Waals surface area (Å²) in [5.74, 6) is -3.63. The maximum Gasteiger partial charge on any atom is 0.274 e. The summed E-state index contributed by atoms with van der Waals surface area (Å²) in [6, 6.07) is 3.55. The lowest BCUT2D eigenvalue weighted by atomic mass is 10.1. The van der Waals surface area contributed by atoms with Gasteiger partial charge < -0.3 is 9.64 Å². The van der Waals surface area contributed by atoms with Crippen molar-refractivity contribution in [1.82, 2.24) is 9.62 Å². The minimum absolute atomic E-state index is 0.103. The van der Waals surface area contributed by atoms with Crippen molar-refractivity contribution < 1.29 is 26.7 Å². The van der Waals surface area contributed by atoms with Crippen LogP contribution in [0.1, 0.15) is 25.3 Å². The van der Waals surface area contributed by atoms with Crippen molar-refractivity contribution in [3.8, 4) is 5.75 Å².